The number of aryl methyl sites for hydroxylation is 1. The maximum atomic E-state index is 11.7. The van der Waals surface area contributed by atoms with Gasteiger partial charge in [0.1, 0.15) is 23.2 Å². The number of esters is 1. The van der Waals surface area contributed by atoms with Crippen molar-refractivity contribution < 1.29 is 14.3 Å². The molecule has 24 heavy (non-hydrogen) atoms. The Hall–Kier alpha value is -2.40. The van der Waals surface area contributed by atoms with E-state index in [1.807, 2.05) is 12.3 Å². The molecule has 0 atom stereocenters. The molecule has 0 N–H and O–H groups in total. The molecule has 2 aromatic rings. The predicted molar refractivity (Wildman–Crippen MR) is 92.5 cm³/mol. The van der Waals surface area contributed by atoms with Crippen molar-refractivity contribution >= 4 is 29.5 Å². The van der Waals surface area contributed by atoms with E-state index < -0.39 is 5.97 Å². The molecule has 0 spiro atoms. The first-order valence-corrected chi connectivity index (χ1v) is 8.07. The summed E-state index contributed by atoms with van der Waals surface area (Å²) in [5.74, 6) is 0.216. The SMILES string of the molecule is COC(=O)c1ccc2c(c1)N=CCCCc1nc(Cl)ccc1CO2. The van der Waals surface area contributed by atoms with Crippen LogP contribution in [0.3, 0.4) is 0 Å². The molecule has 0 radical (unpaired) electrons. The molecule has 0 bridgehead atoms. The van der Waals surface area contributed by atoms with Crippen molar-refractivity contribution in [2.24, 2.45) is 4.99 Å². The first-order chi connectivity index (χ1) is 11.7. The van der Waals surface area contributed by atoms with E-state index in [9.17, 15) is 4.79 Å². The number of rotatable bonds is 1. The minimum absolute atomic E-state index is 0.375. The lowest BCUT2D eigenvalue weighted by Gasteiger charge is -2.12. The first-order valence-electron chi connectivity index (χ1n) is 7.69. The number of methoxy groups -OCH3 is 1. The molecule has 0 unspecified atom stereocenters. The topological polar surface area (TPSA) is 60.8 Å². The van der Waals surface area contributed by atoms with E-state index in [0.29, 0.717) is 28.8 Å². The molecule has 0 fully saturated rings. The average Bonchev–Trinajstić information content (AvgIpc) is 2.63. The van der Waals surface area contributed by atoms with Gasteiger partial charge in [-0.05, 0) is 43.5 Å². The molecule has 0 saturated carbocycles. The zero-order valence-electron chi connectivity index (χ0n) is 13.3. The van der Waals surface area contributed by atoms with E-state index in [0.717, 1.165) is 30.5 Å². The third kappa shape index (κ3) is 3.74. The number of nitrogens with zero attached hydrogens (tertiary/aromatic N) is 2. The van der Waals surface area contributed by atoms with Crippen molar-refractivity contribution in [3.63, 3.8) is 0 Å². The molecule has 6 heteroatoms. The van der Waals surface area contributed by atoms with Crippen molar-refractivity contribution in [3.8, 4) is 5.75 Å². The normalized spacial score (nSPS) is 13.9. The van der Waals surface area contributed by atoms with E-state index in [1.165, 1.54) is 7.11 Å². The Balaban J connectivity index is 1.94. The van der Waals surface area contributed by atoms with Gasteiger partial charge in [-0.2, -0.15) is 0 Å². The van der Waals surface area contributed by atoms with Crippen LogP contribution in [0.1, 0.15) is 34.5 Å². The van der Waals surface area contributed by atoms with Gasteiger partial charge < -0.3 is 9.47 Å². The molecule has 1 aromatic carbocycles. The number of aromatic nitrogens is 1. The molecular weight excluding hydrogens is 328 g/mol. The van der Waals surface area contributed by atoms with E-state index in [1.54, 1.807) is 24.3 Å². The van der Waals surface area contributed by atoms with Crippen LogP contribution in [-0.2, 0) is 17.8 Å². The molecular formula is C18H17ClN2O3. The molecule has 2 heterocycles. The number of benzene rings is 1. The van der Waals surface area contributed by atoms with E-state index in [-0.39, 0.29) is 0 Å². The van der Waals surface area contributed by atoms with Crippen LogP contribution in [0, 0.1) is 0 Å². The van der Waals surface area contributed by atoms with Crippen LogP contribution >= 0.6 is 11.6 Å². The van der Waals surface area contributed by atoms with Crippen LogP contribution in [0.15, 0.2) is 35.3 Å². The zero-order chi connectivity index (χ0) is 16.9. The number of aliphatic imine (C=N–C) groups is 1. The summed E-state index contributed by atoms with van der Waals surface area (Å²) in [5, 5.41) is 0.486. The van der Waals surface area contributed by atoms with Gasteiger partial charge in [0, 0.05) is 17.5 Å². The van der Waals surface area contributed by atoms with Gasteiger partial charge in [-0.1, -0.05) is 17.7 Å². The van der Waals surface area contributed by atoms with Crippen LogP contribution < -0.4 is 4.74 Å². The van der Waals surface area contributed by atoms with Gasteiger partial charge in [-0.3, -0.25) is 4.99 Å². The van der Waals surface area contributed by atoms with Gasteiger partial charge in [0.2, 0.25) is 0 Å². The summed E-state index contributed by atoms with van der Waals surface area (Å²) in [6.07, 6.45) is 4.36. The molecule has 0 saturated heterocycles. The Labute approximate surface area is 145 Å². The largest absolute Gasteiger partial charge is 0.487 e. The highest BCUT2D eigenvalue weighted by Crippen LogP contribution is 2.30. The number of hydrogen-bond donors (Lipinski definition) is 0. The van der Waals surface area contributed by atoms with Gasteiger partial charge in [0.25, 0.3) is 0 Å². The monoisotopic (exact) mass is 344 g/mol. The van der Waals surface area contributed by atoms with Crippen LogP contribution in [-0.4, -0.2) is 24.3 Å². The summed E-state index contributed by atoms with van der Waals surface area (Å²) >= 11 is 6.00. The van der Waals surface area contributed by atoms with Gasteiger partial charge in [-0.15, -0.1) is 0 Å². The summed E-state index contributed by atoms with van der Waals surface area (Å²) in [4.78, 5) is 20.5. The third-order valence-corrected chi connectivity index (χ3v) is 3.99. The fraction of sp³-hybridized carbons (Fsp3) is 0.278. The molecule has 0 aliphatic carbocycles. The van der Waals surface area contributed by atoms with Crippen molar-refractivity contribution in [2.45, 2.75) is 25.9 Å². The first kappa shape index (κ1) is 16.5. The highest BCUT2D eigenvalue weighted by atomic mass is 35.5. The fourth-order valence-electron chi connectivity index (χ4n) is 2.52. The van der Waals surface area contributed by atoms with E-state index in [4.69, 9.17) is 21.1 Å². The number of hydrogen-bond acceptors (Lipinski definition) is 5. The summed E-state index contributed by atoms with van der Waals surface area (Å²) in [7, 11) is 1.35. The summed E-state index contributed by atoms with van der Waals surface area (Å²) in [6, 6.07) is 8.78. The number of carbonyl (C=O) groups excluding carboxylic acids is 1. The van der Waals surface area contributed by atoms with Gasteiger partial charge in [-0.25, -0.2) is 9.78 Å². The fourth-order valence-corrected chi connectivity index (χ4v) is 2.68. The Morgan fingerprint density at radius 1 is 1.29 bits per heavy atom. The zero-order valence-corrected chi connectivity index (χ0v) is 14.0. The average molecular weight is 345 g/mol. The van der Waals surface area contributed by atoms with Crippen LogP contribution in [0.4, 0.5) is 5.69 Å². The molecule has 1 aliphatic rings. The number of pyridine rings is 1. The molecule has 5 nitrogen and oxygen atoms in total. The van der Waals surface area contributed by atoms with Crippen LogP contribution in [0.25, 0.3) is 0 Å². The van der Waals surface area contributed by atoms with Crippen LogP contribution in [0.2, 0.25) is 5.15 Å². The van der Waals surface area contributed by atoms with Crippen molar-refractivity contribution in [3.05, 3.63) is 52.3 Å². The molecule has 1 aliphatic heterocycles. The summed E-state index contributed by atoms with van der Waals surface area (Å²) < 4.78 is 10.7. The lowest BCUT2D eigenvalue weighted by Crippen LogP contribution is -2.04. The minimum Gasteiger partial charge on any atom is -0.487 e. The Morgan fingerprint density at radius 2 is 2.17 bits per heavy atom. The Bertz CT molecular complexity index is 790. The Kier molecular flexibility index (Phi) is 5.11. The summed E-state index contributed by atoms with van der Waals surface area (Å²) in [6.45, 7) is 0.375. The highest BCUT2D eigenvalue weighted by molar-refractivity contribution is 6.29. The summed E-state index contributed by atoms with van der Waals surface area (Å²) in [5.41, 5.74) is 3.01. The maximum absolute atomic E-state index is 11.7. The number of ether oxygens (including phenoxy) is 2. The maximum Gasteiger partial charge on any atom is 0.337 e. The minimum atomic E-state index is -0.397. The van der Waals surface area contributed by atoms with Gasteiger partial charge >= 0.3 is 5.97 Å². The lowest BCUT2D eigenvalue weighted by molar-refractivity contribution is 0.0600. The number of carbonyl (C=O) groups is 1. The molecule has 124 valence electrons. The molecule has 1 aromatic heterocycles. The van der Waals surface area contributed by atoms with Crippen molar-refractivity contribution in [2.75, 3.05) is 7.11 Å². The third-order valence-electron chi connectivity index (χ3n) is 3.77. The predicted octanol–water partition coefficient (Wildman–Crippen LogP) is 4.14. The number of fused-ring (bicyclic) bond motifs is 2. The molecule has 3 rings (SSSR count). The molecule has 0 amide bonds. The second-order valence-corrected chi connectivity index (χ2v) is 5.79. The highest BCUT2D eigenvalue weighted by Gasteiger charge is 2.13. The smallest absolute Gasteiger partial charge is 0.337 e. The van der Waals surface area contributed by atoms with Gasteiger partial charge in [0.15, 0.2) is 0 Å². The second kappa shape index (κ2) is 7.45. The van der Waals surface area contributed by atoms with E-state index >= 15 is 0 Å². The van der Waals surface area contributed by atoms with Crippen LogP contribution in [0.5, 0.6) is 5.75 Å². The van der Waals surface area contributed by atoms with Gasteiger partial charge in [0.05, 0.1) is 12.7 Å². The Morgan fingerprint density at radius 3 is 3.00 bits per heavy atom. The quantitative estimate of drug-likeness (QED) is 0.576. The van der Waals surface area contributed by atoms with Crippen molar-refractivity contribution in [1.29, 1.82) is 0 Å². The van der Waals surface area contributed by atoms with E-state index in [2.05, 4.69) is 9.98 Å². The lowest BCUT2D eigenvalue weighted by atomic mass is 10.1. The standard InChI is InChI=1S/C18H17ClN2O3/c1-23-18(22)12-5-7-16-15(10-12)20-9-3-2-4-14-13(11-24-16)6-8-17(19)21-14/h5-10H,2-4,11H2,1H3. The number of halogens is 1. The van der Waals surface area contributed by atoms with Crippen molar-refractivity contribution in [1.82, 2.24) is 4.98 Å². The second-order valence-electron chi connectivity index (χ2n) is 5.41.